The third kappa shape index (κ3) is 4.86. The number of carbonyl (C=O) groups is 2. The maximum absolute atomic E-state index is 12.4. The predicted molar refractivity (Wildman–Crippen MR) is 103 cm³/mol. The number of amides is 2. The lowest BCUT2D eigenvalue weighted by atomic mass is 9.95. The molecule has 6 heteroatoms. The average molecular weight is 368 g/mol. The van der Waals surface area contributed by atoms with Crippen LogP contribution in [0.3, 0.4) is 0 Å². The van der Waals surface area contributed by atoms with E-state index in [-0.39, 0.29) is 17.7 Å². The highest BCUT2D eigenvalue weighted by molar-refractivity contribution is 6.04. The van der Waals surface area contributed by atoms with Crippen molar-refractivity contribution in [2.75, 3.05) is 32.2 Å². The van der Waals surface area contributed by atoms with Crippen molar-refractivity contribution in [1.29, 1.82) is 0 Å². The Balaban J connectivity index is 1.65. The minimum atomic E-state index is -0.252. The summed E-state index contributed by atoms with van der Waals surface area (Å²) < 4.78 is 10.7. The molecular weight excluding hydrogens is 344 g/mol. The van der Waals surface area contributed by atoms with Crippen LogP contribution in [0.2, 0.25) is 0 Å². The fraction of sp³-hybridized carbons (Fsp3) is 0.333. The van der Waals surface area contributed by atoms with Crippen LogP contribution in [-0.2, 0) is 16.0 Å². The maximum atomic E-state index is 12.4. The van der Waals surface area contributed by atoms with E-state index >= 15 is 0 Å². The lowest BCUT2D eigenvalue weighted by Gasteiger charge is -2.25. The molecule has 27 heavy (non-hydrogen) atoms. The molecule has 2 aromatic rings. The minimum Gasteiger partial charge on any atom is -0.492 e. The number of rotatable bonds is 6. The number of ether oxygens (including phenoxy) is 2. The molecule has 1 heterocycles. The van der Waals surface area contributed by atoms with Crippen LogP contribution in [0.25, 0.3) is 0 Å². The summed E-state index contributed by atoms with van der Waals surface area (Å²) in [6, 6.07) is 12.9. The molecule has 2 amide bonds. The van der Waals surface area contributed by atoms with E-state index in [9.17, 15) is 9.59 Å². The Morgan fingerprint density at radius 1 is 1.19 bits per heavy atom. The topological polar surface area (TPSA) is 76.7 Å². The molecule has 0 saturated carbocycles. The van der Waals surface area contributed by atoms with Crippen molar-refractivity contribution in [3.63, 3.8) is 0 Å². The fourth-order valence-corrected chi connectivity index (χ4v) is 2.97. The number of fused-ring (bicyclic) bond motifs is 1. The number of benzene rings is 2. The summed E-state index contributed by atoms with van der Waals surface area (Å²) in [5, 5.41) is 5.75. The Morgan fingerprint density at radius 2 is 1.96 bits per heavy atom. The molecule has 3 rings (SSSR count). The molecular formula is C21H24N2O4. The summed E-state index contributed by atoms with van der Waals surface area (Å²) in [7, 11) is 1.60. The fourth-order valence-electron chi connectivity index (χ4n) is 2.97. The van der Waals surface area contributed by atoms with Crippen molar-refractivity contribution < 1.29 is 19.1 Å². The standard InChI is InChI=1S/C21H24N2O4/c1-14-3-5-15(6-4-14)21(25)23-18-7-8-19-16(12-18)11-17(13-27-19)20(24)22-9-10-26-2/h3-8,12,17H,9-11,13H2,1-2H3,(H,22,24)(H,23,25)/t17-/m0/s1. The van der Waals surface area contributed by atoms with Crippen LogP contribution in [0.5, 0.6) is 5.75 Å². The quantitative estimate of drug-likeness (QED) is 0.769. The van der Waals surface area contributed by atoms with E-state index < -0.39 is 0 Å². The number of methoxy groups -OCH3 is 1. The second-order valence-electron chi connectivity index (χ2n) is 6.64. The first-order valence-corrected chi connectivity index (χ1v) is 8.97. The van der Waals surface area contributed by atoms with Gasteiger partial charge in [0, 0.05) is 24.9 Å². The first-order chi connectivity index (χ1) is 13.1. The summed E-state index contributed by atoms with van der Waals surface area (Å²) >= 11 is 0. The molecule has 0 bridgehead atoms. The van der Waals surface area contributed by atoms with Gasteiger partial charge in [-0.2, -0.15) is 0 Å². The first-order valence-electron chi connectivity index (χ1n) is 8.97. The predicted octanol–water partition coefficient (Wildman–Crippen LogP) is 2.56. The summed E-state index contributed by atoms with van der Waals surface area (Å²) in [6.07, 6.45) is 0.572. The van der Waals surface area contributed by atoms with Crippen LogP contribution in [0.4, 0.5) is 5.69 Å². The first kappa shape index (κ1) is 18.9. The molecule has 1 aliphatic rings. The van der Waals surface area contributed by atoms with Gasteiger partial charge in [-0.15, -0.1) is 0 Å². The van der Waals surface area contributed by atoms with Crippen molar-refractivity contribution >= 4 is 17.5 Å². The van der Waals surface area contributed by atoms with E-state index in [1.807, 2.05) is 37.3 Å². The average Bonchev–Trinajstić information content (AvgIpc) is 2.68. The Labute approximate surface area is 158 Å². The zero-order valence-corrected chi connectivity index (χ0v) is 15.6. The van der Waals surface area contributed by atoms with Crippen LogP contribution < -0.4 is 15.4 Å². The third-order valence-electron chi connectivity index (χ3n) is 4.51. The van der Waals surface area contributed by atoms with Gasteiger partial charge >= 0.3 is 0 Å². The van der Waals surface area contributed by atoms with Crippen LogP contribution in [0, 0.1) is 12.8 Å². The molecule has 2 N–H and O–H groups in total. The SMILES string of the molecule is COCCNC(=O)[C@@H]1COc2ccc(NC(=O)c3ccc(C)cc3)cc2C1. The molecule has 0 aliphatic carbocycles. The van der Waals surface area contributed by atoms with Gasteiger partial charge in [0.2, 0.25) is 5.91 Å². The van der Waals surface area contributed by atoms with Crippen LogP contribution in [0.1, 0.15) is 21.5 Å². The summed E-state index contributed by atoms with van der Waals surface area (Å²) in [5.41, 5.74) is 3.30. The third-order valence-corrected chi connectivity index (χ3v) is 4.51. The largest absolute Gasteiger partial charge is 0.492 e. The number of nitrogens with one attached hydrogen (secondary N) is 2. The second-order valence-corrected chi connectivity index (χ2v) is 6.64. The van der Waals surface area contributed by atoms with E-state index in [0.717, 1.165) is 16.9 Å². The highest BCUT2D eigenvalue weighted by Crippen LogP contribution is 2.30. The molecule has 0 spiro atoms. The van der Waals surface area contributed by atoms with Gasteiger partial charge in [-0.25, -0.2) is 0 Å². The molecule has 1 aliphatic heterocycles. The minimum absolute atomic E-state index is 0.0493. The molecule has 142 valence electrons. The lowest BCUT2D eigenvalue weighted by Crippen LogP contribution is -2.38. The summed E-state index contributed by atoms with van der Waals surface area (Å²) in [4.78, 5) is 24.6. The smallest absolute Gasteiger partial charge is 0.255 e. The van der Waals surface area contributed by atoms with Crippen LogP contribution >= 0.6 is 0 Å². The molecule has 6 nitrogen and oxygen atoms in total. The van der Waals surface area contributed by atoms with Gasteiger partial charge in [-0.05, 0) is 49.2 Å². The van der Waals surface area contributed by atoms with E-state index in [1.54, 1.807) is 19.2 Å². The molecule has 0 unspecified atom stereocenters. The Morgan fingerprint density at radius 3 is 2.70 bits per heavy atom. The molecule has 0 fully saturated rings. The highest BCUT2D eigenvalue weighted by Gasteiger charge is 2.26. The van der Waals surface area contributed by atoms with Crippen molar-refractivity contribution in [2.24, 2.45) is 5.92 Å². The van der Waals surface area contributed by atoms with Gasteiger partial charge in [0.25, 0.3) is 5.91 Å². The normalized spacial score (nSPS) is 15.4. The van der Waals surface area contributed by atoms with Gasteiger partial charge in [0.15, 0.2) is 0 Å². The molecule has 0 radical (unpaired) electrons. The number of hydrogen-bond donors (Lipinski definition) is 2. The van der Waals surface area contributed by atoms with Gasteiger partial charge < -0.3 is 20.1 Å². The van der Waals surface area contributed by atoms with E-state index in [0.29, 0.717) is 37.4 Å². The molecule has 0 aromatic heterocycles. The Bertz CT molecular complexity index is 817. The van der Waals surface area contributed by atoms with Crippen molar-refractivity contribution in [3.8, 4) is 5.75 Å². The van der Waals surface area contributed by atoms with Gasteiger partial charge in [-0.1, -0.05) is 17.7 Å². The van der Waals surface area contributed by atoms with Gasteiger partial charge in [0.05, 0.1) is 12.5 Å². The van der Waals surface area contributed by atoms with Crippen LogP contribution in [0.15, 0.2) is 42.5 Å². The molecule has 1 atom stereocenters. The zero-order valence-electron chi connectivity index (χ0n) is 15.6. The number of anilines is 1. The van der Waals surface area contributed by atoms with Crippen molar-refractivity contribution in [3.05, 3.63) is 59.2 Å². The van der Waals surface area contributed by atoms with Gasteiger partial charge in [-0.3, -0.25) is 9.59 Å². The van der Waals surface area contributed by atoms with Gasteiger partial charge in [0.1, 0.15) is 12.4 Å². The number of hydrogen-bond acceptors (Lipinski definition) is 4. The molecule has 2 aromatic carbocycles. The summed E-state index contributed by atoms with van der Waals surface area (Å²) in [5.74, 6) is 0.286. The summed E-state index contributed by atoms with van der Waals surface area (Å²) in [6.45, 7) is 3.28. The number of carbonyl (C=O) groups excluding carboxylic acids is 2. The van der Waals surface area contributed by atoms with E-state index in [1.165, 1.54) is 0 Å². The van der Waals surface area contributed by atoms with Crippen LogP contribution in [-0.4, -0.2) is 38.7 Å². The van der Waals surface area contributed by atoms with E-state index in [2.05, 4.69) is 10.6 Å². The Kier molecular flexibility index (Phi) is 6.08. The van der Waals surface area contributed by atoms with Crippen molar-refractivity contribution in [1.82, 2.24) is 5.32 Å². The zero-order chi connectivity index (χ0) is 19.2. The second kappa shape index (κ2) is 8.68. The Hall–Kier alpha value is -2.86. The molecule has 0 saturated heterocycles. The lowest BCUT2D eigenvalue weighted by molar-refractivity contribution is -0.126. The van der Waals surface area contributed by atoms with E-state index in [4.69, 9.17) is 9.47 Å². The number of aryl methyl sites for hydroxylation is 1. The maximum Gasteiger partial charge on any atom is 0.255 e. The van der Waals surface area contributed by atoms with Crippen molar-refractivity contribution in [2.45, 2.75) is 13.3 Å². The highest BCUT2D eigenvalue weighted by atomic mass is 16.5. The monoisotopic (exact) mass is 368 g/mol.